The Morgan fingerprint density at radius 3 is 2.44 bits per heavy atom. The fourth-order valence-corrected chi connectivity index (χ4v) is 3.10. The highest BCUT2D eigenvalue weighted by atomic mass is 31.2. The van der Waals surface area contributed by atoms with Crippen LogP contribution >= 0.6 is 15.4 Å². The number of nitrogens with zero attached hydrogens (tertiary/aromatic N) is 1. The zero-order valence-electron chi connectivity index (χ0n) is 14.3. The van der Waals surface area contributed by atoms with E-state index in [0.717, 1.165) is 0 Å². The molecule has 0 spiro atoms. The maximum absolute atomic E-state index is 11.3. The van der Waals surface area contributed by atoms with E-state index in [-0.39, 0.29) is 42.0 Å². The van der Waals surface area contributed by atoms with E-state index in [4.69, 9.17) is 19.6 Å². The van der Waals surface area contributed by atoms with Gasteiger partial charge in [-0.3, -0.25) is 18.9 Å². The van der Waals surface area contributed by atoms with E-state index in [1.54, 1.807) is 0 Å². The number of carbonyl (C=O) groups is 1. The summed E-state index contributed by atoms with van der Waals surface area (Å²) in [5.41, 5.74) is 0.519. The van der Waals surface area contributed by atoms with Crippen molar-refractivity contribution >= 4 is 21.4 Å². The van der Waals surface area contributed by atoms with Crippen molar-refractivity contribution in [3.8, 4) is 5.75 Å². The molecule has 0 fully saturated rings. The van der Waals surface area contributed by atoms with E-state index >= 15 is 0 Å². The first-order valence-corrected chi connectivity index (χ1v) is 11.0. The third-order valence-electron chi connectivity index (χ3n) is 3.58. The Morgan fingerprint density at radius 1 is 1.30 bits per heavy atom. The average Bonchev–Trinajstić information content (AvgIpc) is 2.50. The molecule has 1 unspecified atom stereocenters. The van der Waals surface area contributed by atoms with E-state index in [2.05, 4.69) is 14.8 Å². The second kappa shape index (κ2) is 9.72. The molecule has 12 nitrogen and oxygen atoms in total. The quantitative estimate of drug-likeness (QED) is 0.236. The third-order valence-corrected chi connectivity index (χ3v) is 4.95. The predicted octanol–water partition coefficient (Wildman–Crippen LogP) is 0.206. The number of rotatable bonds is 11. The van der Waals surface area contributed by atoms with Crippen LogP contribution in [0.5, 0.6) is 5.75 Å². The number of aromatic hydroxyl groups is 1. The summed E-state index contributed by atoms with van der Waals surface area (Å²) < 4.78 is 26.1. The van der Waals surface area contributed by atoms with E-state index in [0.29, 0.717) is 0 Å². The van der Waals surface area contributed by atoms with Gasteiger partial charge in [0, 0.05) is 30.0 Å². The molecule has 0 saturated heterocycles. The van der Waals surface area contributed by atoms with Gasteiger partial charge in [-0.15, -0.1) is 0 Å². The number of carboxylic acid groups (broad SMARTS) is 1. The lowest BCUT2D eigenvalue weighted by Crippen LogP contribution is -2.36. The van der Waals surface area contributed by atoms with Gasteiger partial charge in [0.15, 0.2) is 0 Å². The number of carboxylic acids is 1. The normalized spacial score (nSPS) is 13.5. The molecule has 1 aromatic heterocycles. The Bertz CT molecular complexity index is 760. The van der Waals surface area contributed by atoms with Gasteiger partial charge in [0.25, 0.3) is 0 Å². The number of aryl methyl sites for hydroxylation is 1. The summed E-state index contributed by atoms with van der Waals surface area (Å²) >= 11 is 0. The Balaban J connectivity index is 2.88. The second-order valence-electron chi connectivity index (χ2n) is 5.76. The van der Waals surface area contributed by atoms with Crippen LogP contribution < -0.4 is 5.32 Å². The molecule has 1 aromatic rings. The molecule has 0 aromatic carbocycles. The largest absolute Gasteiger partial charge is 0.506 e. The number of phosphoric acid groups is 1. The van der Waals surface area contributed by atoms with Crippen molar-refractivity contribution in [3.05, 3.63) is 23.0 Å². The number of phosphoric ester groups is 1. The lowest BCUT2D eigenvalue weighted by Gasteiger charge is -2.18. The maximum Gasteiger partial charge on any atom is 0.469 e. The molecule has 1 rings (SSSR count). The number of nitrogens with one attached hydrogen (secondary N) is 1. The summed E-state index contributed by atoms with van der Waals surface area (Å²) in [6, 6.07) is -1.15. The summed E-state index contributed by atoms with van der Waals surface area (Å²) in [6.07, 6.45) is 0.675. The van der Waals surface area contributed by atoms with Crippen LogP contribution in [0.4, 0.5) is 0 Å². The molecule has 14 heteroatoms. The first-order valence-electron chi connectivity index (χ1n) is 7.67. The number of aromatic nitrogens is 1. The molecule has 27 heavy (non-hydrogen) atoms. The lowest BCUT2D eigenvalue weighted by molar-refractivity contribution is -0.139. The summed E-state index contributed by atoms with van der Waals surface area (Å²) in [5.74, 6) is -1.53. The van der Waals surface area contributed by atoms with Crippen molar-refractivity contribution in [1.82, 2.24) is 10.3 Å². The minimum atomic E-state index is -4.76. The monoisotopic (exact) mass is 428 g/mol. The van der Waals surface area contributed by atoms with Crippen LogP contribution in [0.1, 0.15) is 29.7 Å². The molecule has 0 radical (unpaired) electrons. The van der Waals surface area contributed by atoms with Gasteiger partial charge in [-0.25, -0.2) is 4.57 Å². The van der Waals surface area contributed by atoms with Crippen molar-refractivity contribution in [1.29, 1.82) is 0 Å². The fourth-order valence-electron chi connectivity index (χ4n) is 2.20. The molecule has 0 amide bonds. The molecule has 1 atom stereocenters. The van der Waals surface area contributed by atoms with E-state index < -0.39 is 40.2 Å². The number of hydrogen-bond donors (Lipinski definition) is 7. The smallest absolute Gasteiger partial charge is 0.469 e. The van der Waals surface area contributed by atoms with Crippen molar-refractivity contribution in [2.24, 2.45) is 0 Å². The fraction of sp³-hybridized carbons (Fsp3) is 0.538. The summed E-state index contributed by atoms with van der Waals surface area (Å²) in [5, 5.41) is 22.0. The molecule has 0 aliphatic heterocycles. The first kappa shape index (κ1) is 23.7. The summed E-state index contributed by atoms with van der Waals surface area (Å²) in [7, 11) is -9.00. The van der Waals surface area contributed by atoms with Crippen LogP contribution in [0.2, 0.25) is 0 Å². The van der Waals surface area contributed by atoms with Crippen LogP contribution in [0.25, 0.3) is 0 Å². The zero-order chi connectivity index (χ0) is 20.8. The van der Waals surface area contributed by atoms with Crippen molar-refractivity contribution in [3.63, 3.8) is 0 Å². The SMILES string of the molecule is Cc1ncc(COP(=O)(O)O)c(CNC(CCCP(=O)(O)O)C(=O)O)c1O. The van der Waals surface area contributed by atoms with Gasteiger partial charge in [-0.05, 0) is 19.8 Å². The molecule has 0 bridgehead atoms. The molecule has 0 saturated carbocycles. The topological polar surface area (TPSA) is 207 Å². The standard InChI is InChI=1S/C13H22N2O10P2/c1-8-12(16)10(9(5-14-8)7-25-27(22,23)24)6-15-11(13(17)18)3-2-4-26(19,20)21/h5,11,15-16H,2-4,6-7H2,1H3,(H,17,18)(H2,19,20,21)(H2,22,23,24). The Kier molecular flexibility index (Phi) is 8.52. The van der Waals surface area contributed by atoms with Gasteiger partial charge in [-0.2, -0.15) is 0 Å². The summed E-state index contributed by atoms with van der Waals surface area (Å²) in [6.45, 7) is 0.737. The molecule has 0 aliphatic rings. The number of hydrogen-bond acceptors (Lipinski definition) is 7. The van der Waals surface area contributed by atoms with Crippen LogP contribution in [-0.4, -0.2) is 52.9 Å². The predicted molar refractivity (Wildman–Crippen MR) is 91.9 cm³/mol. The van der Waals surface area contributed by atoms with Crippen LogP contribution in [0.15, 0.2) is 6.20 Å². The van der Waals surface area contributed by atoms with Crippen LogP contribution in [0, 0.1) is 6.92 Å². The Hall–Kier alpha value is -1.36. The second-order valence-corrected chi connectivity index (χ2v) is 8.78. The van der Waals surface area contributed by atoms with Crippen LogP contribution in [-0.2, 0) is 31.6 Å². The Labute approximate surface area is 154 Å². The molecule has 154 valence electrons. The lowest BCUT2D eigenvalue weighted by atomic mass is 10.1. The molecule has 1 heterocycles. The zero-order valence-corrected chi connectivity index (χ0v) is 16.1. The highest BCUT2D eigenvalue weighted by Crippen LogP contribution is 2.38. The van der Waals surface area contributed by atoms with Crippen molar-refractivity contribution < 1.29 is 48.2 Å². The average molecular weight is 428 g/mol. The van der Waals surface area contributed by atoms with E-state index in [1.165, 1.54) is 13.1 Å². The van der Waals surface area contributed by atoms with E-state index in [1.807, 2.05) is 0 Å². The van der Waals surface area contributed by atoms with E-state index in [9.17, 15) is 24.1 Å². The van der Waals surface area contributed by atoms with Gasteiger partial charge < -0.3 is 35.1 Å². The molecular formula is C13H22N2O10P2. The van der Waals surface area contributed by atoms with Gasteiger partial charge in [0.1, 0.15) is 11.8 Å². The molecule has 7 N–H and O–H groups in total. The van der Waals surface area contributed by atoms with Crippen molar-refractivity contribution in [2.75, 3.05) is 6.16 Å². The number of pyridine rings is 1. The highest BCUT2D eigenvalue weighted by Gasteiger charge is 2.22. The van der Waals surface area contributed by atoms with Gasteiger partial charge in [0.05, 0.1) is 12.3 Å². The molecular weight excluding hydrogens is 406 g/mol. The van der Waals surface area contributed by atoms with Crippen LogP contribution in [0.3, 0.4) is 0 Å². The highest BCUT2D eigenvalue weighted by molar-refractivity contribution is 7.51. The molecule has 0 aliphatic carbocycles. The van der Waals surface area contributed by atoms with Gasteiger partial charge >= 0.3 is 21.4 Å². The number of aliphatic carboxylic acids is 1. The van der Waals surface area contributed by atoms with Gasteiger partial charge in [-0.1, -0.05) is 0 Å². The van der Waals surface area contributed by atoms with Gasteiger partial charge in [0.2, 0.25) is 0 Å². The minimum Gasteiger partial charge on any atom is -0.506 e. The third kappa shape index (κ3) is 8.91. The maximum atomic E-state index is 11.3. The summed E-state index contributed by atoms with van der Waals surface area (Å²) in [4.78, 5) is 50.4. The Morgan fingerprint density at radius 2 is 1.93 bits per heavy atom. The first-order chi connectivity index (χ1) is 12.3. The minimum absolute atomic E-state index is 0.0379. The van der Waals surface area contributed by atoms with Crippen molar-refractivity contribution in [2.45, 2.75) is 39.0 Å².